The van der Waals surface area contributed by atoms with Gasteiger partial charge in [-0.2, -0.15) is 0 Å². The number of aliphatic hydroxyl groups excluding tert-OH is 2. The molecular formula is C33H37Cl2N3O4. The van der Waals surface area contributed by atoms with Crippen molar-refractivity contribution in [1.82, 2.24) is 14.7 Å². The normalized spacial score (nSPS) is 16.8. The van der Waals surface area contributed by atoms with Crippen LogP contribution < -0.4 is 0 Å². The zero-order valence-corrected chi connectivity index (χ0v) is 25.2. The average molecular weight is 611 g/mol. The van der Waals surface area contributed by atoms with Gasteiger partial charge in [-0.3, -0.25) is 9.69 Å². The summed E-state index contributed by atoms with van der Waals surface area (Å²) in [6, 6.07) is 22.8. The molecule has 0 bridgehead atoms. The Morgan fingerprint density at radius 2 is 1.74 bits per heavy atom. The van der Waals surface area contributed by atoms with Gasteiger partial charge in [-0.25, -0.2) is 0 Å². The number of fused-ring (bicyclic) bond motifs is 1. The van der Waals surface area contributed by atoms with Crippen molar-refractivity contribution in [2.75, 3.05) is 52.9 Å². The van der Waals surface area contributed by atoms with Crippen LogP contribution in [0.4, 0.5) is 0 Å². The van der Waals surface area contributed by atoms with Crippen molar-refractivity contribution < 1.29 is 19.4 Å². The van der Waals surface area contributed by atoms with Gasteiger partial charge < -0.3 is 24.4 Å². The molecule has 2 N–H and O–H groups in total. The topological polar surface area (TPSA) is 80.4 Å². The molecule has 0 spiro atoms. The molecule has 42 heavy (non-hydrogen) atoms. The van der Waals surface area contributed by atoms with E-state index >= 15 is 0 Å². The van der Waals surface area contributed by atoms with Crippen molar-refractivity contribution in [3.63, 3.8) is 0 Å². The Hall–Kier alpha value is -2.91. The maximum atomic E-state index is 13.6. The van der Waals surface area contributed by atoms with Crippen LogP contribution in [-0.2, 0) is 0 Å². The maximum Gasteiger partial charge on any atom is 0.254 e. The van der Waals surface area contributed by atoms with Crippen LogP contribution in [0.25, 0.3) is 10.8 Å². The number of carbonyl (C=O) groups is 1. The first-order valence-electron chi connectivity index (χ1n) is 14.3. The van der Waals surface area contributed by atoms with Gasteiger partial charge in [0.15, 0.2) is 0 Å². The molecular weight excluding hydrogens is 573 g/mol. The lowest BCUT2D eigenvalue weighted by Crippen LogP contribution is -2.50. The summed E-state index contributed by atoms with van der Waals surface area (Å²) < 4.78 is 5.58. The van der Waals surface area contributed by atoms with Crippen LogP contribution >= 0.6 is 23.2 Å². The highest BCUT2D eigenvalue weighted by atomic mass is 35.5. The predicted molar refractivity (Wildman–Crippen MR) is 167 cm³/mol. The molecule has 9 heteroatoms. The van der Waals surface area contributed by atoms with Crippen LogP contribution in [-0.4, -0.2) is 89.8 Å². The minimum atomic E-state index is -0.920. The average Bonchev–Trinajstić information content (AvgIpc) is 3.55. The number of nitrogens with zero attached hydrogens (tertiary/aromatic N) is 3. The number of furan rings is 1. The summed E-state index contributed by atoms with van der Waals surface area (Å²) in [4.78, 5) is 20.0. The smallest absolute Gasteiger partial charge is 0.254 e. The number of aliphatic hydroxyl groups is 2. The second-order valence-electron chi connectivity index (χ2n) is 11.0. The first-order chi connectivity index (χ1) is 20.4. The zero-order chi connectivity index (χ0) is 29.6. The minimum Gasteiger partial charge on any atom is -0.468 e. The molecule has 1 aliphatic rings. The van der Waals surface area contributed by atoms with Gasteiger partial charge in [0.2, 0.25) is 0 Å². The van der Waals surface area contributed by atoms with Crippen LogP contribution in [0.15, 0.2) is 83.5 Å². The number of hydrogen-bond donors (Lipinski definition) is 2. The molecule has 1 saturated heterocycles. The van der Waals surface area contributed by atoms with E-state index in [2.05, 4.69) is 9.80 Å². The van der Waals surface area contributed by atoms with Crippen molar-refractivity contribution in [2.45, 2.75) is 24.5 Å². The molecule has 5 rings (SSSR count). The predicted octanol–water partition coefficient (Wildman–Crippen LogP) is 5.70. The molecule has 2 heterocycles. The van der Waals surface area contributed by atoms with Gasteiger partial charge in [-0.15, -0.1) is 0 Å². The van der Waals surface area contributed by atoms with E-state index in [0.717, 1.165) is 55.5 Å². The monoisotopic (exact) mass is 609 g/mol. The van der Waals surface area contributed by atoms with E-state index < -0.39 is 6.10 Å². The van der Waals surface area contributed by atoms with Crippen LogP contribution in [0.3, 0.4) is 0 Å². The third-order valence-corrected chi connectivity index (χ3v) is 9.00. The Balaban J connectivity index is 1.27. The van der Waals surface area contributed by atoms with E-state index in [-0.39, 0.29) is 24.5 Å². The van der Waals surface area contributed by atoms with Crippen LogP contribution in [0.5, 0.6) is 0 Å². The standard InChI is InChI=1S/C33H37Cl2N3O4/c1-36(33(41)27-9-4-7-23-6-2-3-8-26(23)27)21-25(24-11-12-28(34)29(35)20-24)13-14-37-15-17-38(18-16-37)32(30(40)22-39)31-10-5-19-42-31/h2-12,19-20,25,30,32,39-40H,13-18,21-22H2,1H3/t25-,30-,32-/m1/s1. The number of halogens is 2. The number of piperazine rings is 1. The summed E-state index contributed by atoms with van der Waals surface area (Å²) >= 11 is 12.7. The summed E-state index contributed by atoms with van der Waals surface area (Å²) in [5.74, 6) is 0.689. The van der Waals surface area contributed by atoms with Crippen molar-refractivity contribution in [1.29, 1.82) is 0 Å². The van der Waals surface area contributed by atoms with Crippen molar-refractivity contribution in [3.05, 3.63) is 106 Å². The van der Waals surface area contributed by atoms with E-state index in [4.69, 9.17) is 27.6 Å². The largest absolute Gasteiger partial charge is 0.468 e. The second-order valence-corrected chi connectivity index (χ2v) is 11.8. The lowest BCUT2D eigenvalue weighted by Gasteiger charge is -2.40. The molecule has 0 radical (unpaired) electrons. The number of likely N-dealkylation sites (N-methyl/N-ethyl adjacent to an activating group) is 1. The minimum absolute atomic E-state index is 0.0168. The fourth-order valence-corrected chi connectivity index (χ4v) is 6.24. The summed E-state index contributed by atoms with van der Waals surface area (Å²) in [5.41, 5.74) is 1.74. The van der Waals surface area contributed by atoms with Crippen LogP contribution in [0.1, 0.15) is 40.1 Å². The van der Waals surface area contributed by atoms with Crippen molar-refractivity contribution in [3.8, 4) is 0 Å². The van der Waals surface area contributed by atoms with E-state index in [9.17, 15) is 15.0 Å². The van der Waals surface area contributed by atoms with Crippen molar-refractivity contribution in [2.24, 2.45) is 0 Å². The van der Waals surface area contributed by atoms with Gasteiger partial charge in [0.1, 0.15) is 5.76 Å². The van der Waals surface area contributed by atoms with E-state index in [1.807, 2.05) is 73.8 Å². The molecule has 4 aromatic rings. The Morgan fingerprint density at radius 1 is 0.976 bits per heavy atom. The molecule has 1 aromatic heterocycles. The number of rotatable bonds is 11. The molecule has 0 aliphatic carbocycles. The molecule has 0 saturated carbocycles. The van der Waals surface area contributed by atoms with Gasteiger partial charge in [0.05, 0.1) is 35.1 Å². The number of hydrogen-bond acceptors (Lipinski definition) is 6. The van der Waals surface area contributed by atoms with Gasteiger partial charge in [0, 0.05) is 51.3 Å². The van der Waals surface area contributed by atoms with Gasteiger partial charge in [-0.05, 0) is 59.6 Å². The Kier molecular flexibility index (Phi) is 10.2. The zero-order valence-electron chi connectivity index (χ0n) is 23.7. The van der Waals surface area contributed by atoms with Gasteiger partial charge in [0.25, 0.3) is 5.91 Å². The lowest BCUT2D eigenvalue weighted by atomic mass is 9.94. The number of carbonyl (C=O) groups excluding carboxylic acids is 1. The SMILES string of the molecule is CN(C[C@@H](CCN1CCN([C@@H](c2ccco2)[C@H](O)CO)CC1)c1ccc(Cl)c(Cl)c1)C(=O)c1cccc2ccccc12. The molecule has 222 valence electrons. The molecule has 3 atom stereocenters. The van der Waals surface area contributed by atoms with Gasteiger partial charge >= 0.3 is 0 Å². The quantitative estimate of drug-likeness (QED) is 0.227. The molecule has 3 aromatic carbocycles. The fraction of sp³-hybridized carbons (Fsp3) is 0.364. The molecule has 1 amide bonds. The van der Waals surface area contributed by atoms with E-state index in [0.29, 0.717) is 27.9 Å². The summed E-state index contributed by atoms with van der Waals surface area (Å²) in [6.07, 6.45) is 1.50. The van der Waals surface area contributed by atoms with Crippen molar-refractivity contribution >= 4 is 39.9 Å². The highest BCUT2D eigenvalue weighted by Gasteiger charge is 2.32. The summed E-state index contributed by atoms with van der Waals surface area (Å²) in [6.45, 7) is 4.13. The highest BCUT2D eigenvalue weighted by Crippen LogP contribution is 2.31. The molecule has 7 nitrogen and oxygen atoms in total. The van der Waals surface area contributed by atoms with E-state index in [1.54, 1.807) is 17.2 Å². The first-order valence-corrected chi connectivity index (χ1v) is 15.1. The summed E-state index contributed by atoms with van der Waals surface area (Å²) in [5, 5.41) is 23.1. The Labute approximate surface area is 256 Å². The lowest BCUT2D eigenvalue weighted by molar-refractivity contribution is -0.0178. The van der Waals surface area contributed by atoms with Gasteiger partial charge in [-0.1, -0.05) is 65.7 Å². The second kappa shape index (κ2) is 14.0. The maximum absolute atomic E-state index is 13.6. The summed E-state index contributed by atoms with van der Waals surface area (Å²) in [7, 11) is 1.86. The molecule has 0 unspecified atom stereocenters. The number of benzene rings is 3. The highest BCUT2D eigenvalue weighted by molar-refractivity contribution is 6.42. The first kappa shape index (κ1) is 30.5. The fourth-order valence-electron chi connectivity index (χ4n) is 5.94. The third-order valence-electron chi connectivity index (χ3n) is 8.26. The van der Waals surface area contributed by atoms with Crippen LogP contribution in [0, 0.1) is 0 Å². The molecule has 1 fully saturated rings. The van der Waals surface area contributed by atoms with E-state index in [1.165, 1.54) is 0 Å². The molecule has 1 aliphatic heterocycles. The Bertz CT molecular complexity index is 1470. The number of amides is 1. The van der Waals surface area contributed by atoms with Crippen LogP contribution in [0.2, 0.25) is 10.0 Å². The Morgan fingerprint density at radius 3 is 2.45 bits per heavy atom. The third kappa shape index (κ3) is 7.00.